The van der Waals surface area contributed by atoms with Crippen LogP contribution < -0.4 is 5.32 Å². The summed E-state index contributed by atoms with van der Waals surface area (Å²) in [6.07, 6.45) is 0.570. The lowest BCUT2D eigenvalue weighted by molar-refractivity contribution is -0.385. The van der Waals surface area contributed by atoms with Crippen molar-refractivity contribution in [3.8, 4) is 0 Å². The van der Waals surface area contributed by atoms with Gasteiger partial charge in [0.05, 0.1) is 4.92 Å². The topological polar surface area (TPSA) is 98.0 Å². The van der Waals surface area contributed by atoms with Crippen LogP contribution in [0.5, 0.6) is 0 Å². The van der Waals surface area contributed by atoms with E-state index in [9.17, 15) is 14.9 Å². The summed E-state index contributed by atoms with van der Waals surface area (Å²) in [5, 5.41) is 23.4. The SMILES string of the molecule is Cc1c(C(=O)Nc2nnc(Cc3ccc(Cl)cc3)s2)cccc1[N+](=O)[O-]. The van der Waals surface area contributed by atoms with Crippen molar-refractivity contribution in [2.75, 3.05) is 5.32 Å². The first-order chi connectivity index (χ1) is 12.4. The molecule has 0 aliphatic rings. The summed E-state index contributed by atoms with van der Waals surface area (Å²) in [5.41, 5.74) is 1.46. The molecule has 0 bridgehead atoms. The van der Waals surface area contributed by atoms with Crippen molar-refractivity contribution in [3.63, 3.8) is 0 Å². The molecule has 1 N–H and O–H groups in total. The molecule has 0 saturated carbocycles. The van der Waals surface area contributed by atoms with Gasteiger partial charge >= 0.3 is 0 Å². The van der Waals surface area contributed by atoms with Gasteiger partial charge in [0.2, 0.25) is 5.13 Å². The third-order valence-corrected chi connectivity index (χ3v) is 4.79. The fraction of sp³-hybridized carbons (Fsp3) is 0.118. The van der Waals surface area contributed by atoms with Crippen LogP contribution in [0.4, 0.5) is 10.8 Å². The van der Waals surface area contributed by atoms with Gasteiger partial charge in [-0.1, -0.05) is 41.1 Å². The van der Waals surface area contributed by atoms with E-state index < -0.39 is 10.8 Å². The van der Waals surface area contributed by atoms with Gasteiger partial charge in [0.25, 0.3) is 11.6 Å². The zero-order chi connectivity index (χ0) is 18.7. The highest BCUT2D eigenvalue weighted by Gasteiger charge is 2.19. The van der Waals surface area contributed by atoms with E-state index in [-0.39, 0.29) is 11.3 Å². The Kier molecular flexibility index (Phi) is 5.24. The number of amides is 1. The van der Waals surface area contributed by atoms with Crippen LogP contribution in [0.2, 0.25) is 5.02 Å². The smallest absolute Gasteiger partial charge is 0.273 e. The Morgan fingerprint density at radius 2 is 1.96 bits per heavy atom. The van der Waals surface area contributed by atoms with Gasteiger partial charge in [-0.25, -0.2) is 0 Å². The summed E-state index contributed by atoms with van der Waals surface area (Å²) in [6, 6.07) is 11.8. The normalized spacial score (nSPS) is 10.5. The molecule has 0 fully saturated rings. The van der Waals surface area contributed by atoms with E-state index in [2.05, 4.69) is 15.5 Å². The van der Waals surface area contributed by atoms with Crippen LogP contribution in [0.25, 0.3) is 0 Å². The Labute approximate surface area is 157 Å². The van der Waals surface area contributed by atoms with Crippen LogP contribution >= 0.6 is 22.9 Å². The number of anilines is 1. The lowest BCUT2D eigenvalue weighted by Gasteiger charge is -2.05. The van der Waals surface area contributed by atoms with Crippen molar-refractivity contribution < 1.29 is 9.72 Å². The molecule has 1 heterocycles. The Hall–Kier alpha value is -2.84. The largest absolute Gasteiger partial charge is 0.296 e. The second kappa shape index (κ2) is 7.59. The zero-order valence-electron chi connectivity index (χ0n) is 13.6. The predicted molar refractivity (Wildman–Crippen MR) is 100.0 cm³/mol. The number of hydrogen-bond donors (Lipinski definition) is 1. The third kappa shape index (κ3) is 4.04. The summed E-state index contributed by atoms with van der Waals surface area (Å²) in [4.78, 5) is 22.9. The molecule has 2 aromatic carbocycles. The predicted octanol–water partition coefficient (Wildman–Crippen LogP) is 4.25. The number of rotatable bonds is 5. The lowest BCUT2D eigenvalue weighted by Crippen LogP contribution is -2.14. The van der Waals surface area contributed by atoms with Gasteiger partial charge in [-0.05, 0) is 30.7 Å². The summed E-state index contributed by atoms with van der Waals surface area (Å²) >= 11 is 7.11. The molecular formula is C17H13ClN4O3S. The number of aromatic nitrogens is 2. The minimum atomic E-state index is -0.513. The van der Waals surface area contributed by atoms with Crippen molar-refractivity contribution in [1.82, 2.24) is 10.2 Å². The van der Waals surface area contributed by atoms with Crippen molar-refractivity contribution in [2.24, 2.45) is 0 Å². The molecule has 0 atom stereocenters. The summed E-state index contributed by atoms with van der Waals surface area (Å²) < 4.78 is 0. The van der Waals surface area contributed by atoms with E-state index in [1.165, 1.54) is 29.5 Å². The molecule has 7 nitrogen and oxygen atoms in total. The maximum Gasteiger partial charge on any atom is 0.273 e. The van der Waals surface area contributed by atoms with Gasteiger partial charge in [0.15, 0.2) is 0 Å². The highest BCUT2D eigenvalue weighted by atomic mass is 35.5. The van der Waals surface area contributed by atoms with E-state index in [0.717, 1.165) is 10.6 Å². The van der Waals surface area contributed by atoms with E-state index in [4.69, 9.17) is 11.6 Å². The fourth-order valence-corrected chi connectivity index (χ4v) is 3.28. The van der Waals surface area contributed by atoms with Crippen LogP contribution in [-0.4, -0.2) is 21.0 Å². The molecular weight excluding hydrogens is 376 g/mol. The van der Waals surface area contributed by atoms with Crippen LogP contribution in [-0.2, 0) is 6.42 Å². The Bertz CT molecular complexity index is 972. The number of nitrogens with zero attached hydrogens (tertiary/aromatic N) is 3. The molecule has 132 valence electrons. The van der Waals surface area contributed by atoms with Crippen molar-refractivity contribution >= 4 is 39.7 Å². The van der Waals surface area contributed by atoms with E-state index in [0.29, 0.717) is 22.1 Å². The van der Waals surface area contributed by atoms with Gasteiger partial charge < -0.3 is 0 Å². The van der Waals surface area contributed by atoms with Gasteiger partial charge in [-0.3, -0.25) is 20.2 Å². The van der Waals surface area contributed by atoms with Crippen LogP contribution in [0.15, 0.2) is 42.5 Å². The molecule has 0 unspecified atom stereocenters. The zero-order valence-corrected chi connectivity index (χ0v) is 15.2. The third-order valence-electron chi connectivity index (χ3n) is 3.70. The van der Waals surface area contributed by atoms with E-state index in [1.54, 1.807) is 19.1 Å². The number of nitro groups is 1. The number of carbonyl (C=O) groups excluding carboxylic acids is 1. The molecule has 3 rings (SSSR count). The highest BCUT2D eigenvalue weighted by Crippen LogP contribution is 2.24. The first-order valence-corrected chi connectivity index (χ1v) is 8.75. The molecule has 3 aromatic rings. The van der Waals surface area contributed by atoms with Gasteiger partial charge in [0, 0.05) is 28.6 Å². The first-order valence-electron chi connectivity index (χ1n) is 7.56. The summed E-state index contributed by atoms with van der Waals surface area (Å²) in [6.45, 7) is 1.54. The Balaban J connectivity index is 1.73. The maximum absolute atomic E-state index is 12.4. The lowest BCUT2D eigenvalue weighted by atomic mass is 10.1. The molecule has 0 saturated heterocycles. The van der Waals surface area contributed by atoms with Crippen molar-refractivity contribution in [1.29, 1.82) is 0 Å². The minimum absolute atomic E-state index is 0.0988. The van der Waals surface area contributed by atoms with Crippen LogP contribution in [0.3, 0.4) is 0 Å². The van der Waals surface area contributed by atoms with E-state index >= 15 is 0 Å². The standard InChI is InChI=1S/C17H13ClN4O3S/c1-10-13(3-2-4-14(10)22(24)25)16(23)19-17-21-20-15(26-17)9-11-5-7-12(18)8-6-11/h2-8H,9H2,1H3,(H,19,21,23). The van der Waals surface area contributed by atoms with Crippen LogP contribution in [0.1, 0.15) is 26.5 Å². The molecule has 0 aliphatic heterocycles. The number of hydrogen-bond acceptors (Lipinski definition) is 6. The van der Waals surface area contributed by atoms with Crippen molar-refractivity contribution in [3.05, 3.63) is 79.3 Å². The average molecular weight is 389 g/mol. The molecule has 0 spiro atoms. The van der Waals surface area contributed by atoms with Gasteiger partial charge in [-0.2, -0.15) is 0 Å². The quantitative estimate of drug-likeness (QED) is 0.520. The molecule has 26 heavy (non-hydrogen) atoms. The number of nitro benzene ring substituents is 1. The number of nitrogens with one attached hydrogen (secondary N) is 1. The second-order valence-corrected chi connectivity index (χ2v) is 6.96. The molecule has 1 aromatic heterocycles. The Morgan fingerprint density at radius 3 is 2.65 bits per heavy atom. The summed E-state index contributed by atoms with van der Waals surface area (Å²) in [5.74, 6) is -0.458. The fourth-order valence-electron chi connectivity index (χ4n) is 2.38. The van der Waals surface area contributed by atoms with E-state index in [1.807, 2.05) is 12.1 Å². The van der Waals surface area contributed by atoms with Gasteiger partial charge in [-0.15, -0.1) is 10.2 Å². The van der Waals surface area contributed by atoms with Gasteiger partial charge in [0.1, 0.15) is 5.01 Å². The molecule has 0 radical (unpaired) electrons. The first kappa shape index (κ1) is 18.0. The molecule has 1 amide bonds. The Morgan fingerprint density at radius 1 is 1.23 bits per heavy atom. The monoisotopic (exact) mass is 388 g/mol. The summed E-state index contributed by atoms with van der Waals surface area (Å²) in [7, 11) is 0. The molecule has 9 heteroatoms. The minimum Gasteiger partial charge on any atom is -0.296 e. The molecule has 0 aliphatic carbocycles. The maximum atomic E-state index is 12.4. The highest BCUT2D eigenvalue weighted by molar-refractivity contribution is 7.15. The number of benzene rings is 2. The van der Waals surface area contributed by atoms with Crippen LogP contribution in [0, 0.1) is 17.0 Å². The van der Waals surface area contributed by atoms with Crippen molar-refractivity contribution in [2.45, 2.75) is 13.3 Å². The number of halogens is 1. The average Bonchev–Trinajstić information content (AvgIpc) is 3.03. The number of carbonyl (C=O) groups is 1. The second-order valence-electron chi connectivity index (χ2n) is 5.47.